The van der Waals surface area contributed by atoms with Gasteiger partial charge in [0.25, 0.3) is 0 Å². The van der Waals surface area contributed by atoms with E-state index in [1.807, 2.05) is 35.2 Å². The van der Waals surface area contributed by atoms with Crippen molar-refractivity contribution in [3.63, 3.8) is 0 Å². The number of piperidine rings is 1. The maximum Gasteiger partial charge on any atom is 0.240 e. The fraction of sp³-hybridized carbons (Fsp3) is 0.533. The lowest BCUT2D eigenvalue weighted by Gasteiger charge is -2.35. The third kappa shape index (κ3) is 3.10. The Kier molecular flexibility index (Phi) is 4.37. The van der Waals surface area contributed by atoms with Crippen LogP contribution in [0.5, 0.6) is 0 Å². The van der Waals surface area contributed by atoms with Crippen LogP contribution in [0.1, 0.15) is 31.7 Å². The molecule has 1 unspecified atom stereocenters. The zero-order valence-electron chi connectivity index (χ0n) is 11.0. The van der Waals surface area contributed by atoms with E-state index in [0.717, 1.165) is 24.9 Å². The highest BCUT2D eigenvalue weighted by molar-refractivity contribution is 5.82. The molecule has 1 aliphatic rings. The van der Waals surface area contributed by atoms with Crippen LogP contribution < -0.4 is 5.73 Å². The lowest BCUT2D eigenvalue weighted by Crippen LogP contribution is -2.50. The Morgan fingerprint density at radius 2 is 2.11 bits per heavy atom. The Balaban J connectivity index is 1.96. The normalized spacial score (nSPS) is 21.7. The molecule has 2 atom stereocenters. The van der Waals surface area contributed by atoms with Crippen molar-refractivity contribution in [3.05, 3.63) is 35.9 Å². The molecule has 18 heavy (non-hydrogen) atoms. The van der Waals surface area contributed by atoms with Crippen LogP contribution in [0.2, 0.25) is 0 Å². The first-order valence-electron chi connectivity index (χ1n) is 6.78. The van der Waals surface area contributed by atoms with Crippen LogP contribution in [0, 0.1) is 0 Å². The maximum atomic E-state index is 12.3. The summed E-state index contributed by atoms with van der Waals surface area (Å²) < 4.78 is 0. The predicted molar refractivity (Wildman–Crippen MR) is 73.1 cm³/mol. The summed E-state index contributed by atoms with van der Waals surface area (Å²) in [7, 11) is 0. The summed E-state index contributed by atoms with van der Waals surface area (Å²) in [5, 5.41) is 0. The average Bonchev–Trinajstić information content (AvgIpc) is 2.39. The third-order valence-electron chi connectivity index (χ3n) is 3.70. The van der Waals surface area contributed by atoms with Crippen molar-refractivity contribution in [3.8, 4) is 0 Å². The van der Waals surface area contributed by atoms with E-state index in [9.17, 15) is 4.79 Å². The van der Waals surface area contributed by atoms with Crippen molar-refractivity contribution in [2.75, 3.05) is 6.54 Å². The van der Waals surface area contributed by atoms with Crippen LogP contribution in [0.3, 0.4) is 0 Å². The van der Waals surface area contributed by atoms with E-state index < -0.39 is 6.04 Å². The number of hydrogen-bond acceptors (Lipinski definition) is 2. The van der Waals surface area contributed by atoms with Gasteiger partial charge in [-0.2, -0.15) is 0 Å². The van der Waals surface area contributed by atoms with Crippen LogP contribution >= 0.6 is 0 Å². The summed E-state index contributed by atoms with van der Waals surface area (Å²) in [6.07, 6.45) is 4.06. The minimum Gasteiger partial charge on any atom is -0.339 e. The summed E-state index contributed by atoms with van der Waals surface area (Å²) in [5.74, 6) is 0.103. The highest BCUT2D eigenvalue weighted by Crippen LogP contribution is 2.17. The molecule has 98 valence electrons. The molecular weight excluding hydrogens is 224 g/mol. The van der Waals surface area contributed by atoms with Gasteiger partial charge in [-0.1, -0.05) is 30.3 Å². The molecule has 1 saturated heterocycles. The zero-order chi connectivity index (χ0) is 13.0. The standard InChI is InChI=1S/C15H22N2O/c1-12-7-5-6-10-17(12)15(18)14(16)11-13-8-3-2-4-9-13/h2-4,8-9,12,14H,5-7,10-11,16H2,1H3/t12?,14-/m0/s1. The van der Waals surface area contributed by atoms with E-state index in [2.05, 4.69) is 6.92 Å². The van der Waals surface area contributed by atoms with Crippen molar-refractivity contribution in [1.82, 2.24) is 4.90 Å². The van der Waals surface area contributed by atoms with Crippen molar-refractivity contribution in [1.29, 1.82) is 0 Å². The quantitative estimate of drug-likeness (QED) is 0.886. The fourth-order valence-electron chi connectivity index (χ4n) is 2.59. The number of carbonyl (C=O) groups is 1. The molecule has 3 heteroatoms. The molecule has 1 aromatic rings. The summed E-state index contributed by atoms with van der Waals surface area (Å²) in [4.78, 5) is 14.3. The smallest absolute Gasteiger partial charge is 0.240 e. The minimum atomic E-state index is -0.409. The van der Waals surface area contributed by atoms with Gasteiger partial charge in [-0.15, -0.1) is 0 Å². The number of amides is 1. The number of nitrogens with zero attached hydrogens (tertiary/aromatic N) is 1. The highest BCUT2D eigenvalue weighted by atomic mass is 16.2. The number of carbonyl (C=O) groups excluding carboxylic acids is 1. The van der Waals surface area contributed by atoms with Gasteiger partial charge < -0.3 is 10.6 Å². The van der Waals surface area contributed by atoms with Gasteiger partial charge in [0.1, 0.15) is 0 Å². The number of nitrogens with two attached hydrogens (primary N) is 1. The SMILES string of the molecule is CC1CCCCN1C(=O)[C@@H](N)Cc1ccccc1. The molecule has 1 aromatic carbocycles. The van der Waals surface area contributed by atoms with Crippen molar-refractivity contribution >= 4 is 5.91 Å². The molecule has 0 aliphatic carbocycles. The average molecular weight is 246 g/mol. The zero-order valence-corrected chi connectivity index (χ0v) is 11.0. The van der Waals surface area contributed by atoms with Gasteiger partial charge in [0.15, 0.2) is 0 Å². The first-order valence-corrected chi connectivity index (χ1v) is 6.78. The van der Waals surface area contributed by atoms with Crippen molar-refractivity contribution < 1.29 is 4.79 Å². The van der Waals surface area contributed by atoms with E-state index in [1.54, 1.807) is 0 Å². The second-order valence-electron chi connectivity index (χ2n) is 5.17. The third-order valence-corrected chi connectivity index (χ3v) is 3.70. The van der Waals surface area contributed by atoms with E-state index in [-0.39, 0.29) is 5.91 Å². The van der Waals surface area contributed by atoms with Crippen LogP contribution in [0.15, 0.2) is 30.3 Å². The number of likely N-dealkylation sites (tertiary alicyclic amines) is 1. The van der Waals surface area contributed by atoms with Gasteiger partial charge in [-0.05, 0) is 38.2 Å². The topological polar surface area (TPSA) is 46.3 Å². The largest absolute Gasteiger partial charge is 0.339 e. The van der Waals surface area contributed by atoms with Crippen molar-refractivity contribution in [2.45, 2.75) is 44.7 Å². The lowest BCUT2D eigenvalue weighted by atomic mass is 10.0. The Labute approximate surface area is 109 Å². The monoisotopic (exact) mass is 246 g/mol. The molecule has 0 aromatic heterocycles. The summed E-state index contributed by atoms with van der Waals surface area (Å²) in [5.41, 5.74) is 7.18. The van der Waals surface area contributed by atoms with E-state index in [0.29, 0.717) is 12.5 Å². The fourth-order valence-corrected chi connectivity index (χ4v) is 2.59. The van der Waals surface area contributed by atoms with Gasteiger partial charge in [0.2, 0.25) is 5.91 Å². The molecule has 0 radical (unpaired) electrons. The highest BCUT2D eigenvalue weighted by Gasteiger charge is 2.27. The van der Waals surface area contributed by atoms with E-state index in [1.165, 1.54) is 6.42 Å². The van der Waals surface area contributed by atoms with Gasteiger partial charge in [0, 0.05) is 12.6 Å². The van der Waals surface area contributed by atoms with Gasteiger partial charge >= 0.3 is 0 Å². The predicted octanol–water partition coefficient (Wildman–Crippen LogP) is 1.96. The Morgan fingerprint density at radius 1 is 1.39 bits per heavy atom. The Morgan fingerprint density at radius 3 is 2.78 bits per heavy atom. The van der Waals surface area contributed by atoms with Crippen LogP contribution in [-0.4, -0.2) is 29.4 Å². The molecule has 1 fully saturated rings. The Bertz CT molecular complexity index is 391. The summed E-state index contributed by atoms with van der Waals surface area (Å²) in [6.45, 7) is 2.98. The molecule has 1 amide bonds. The second-order valence-corrected chi connectivity index (χ2v) is 5.17. The van der Waals surface area contributed by atoms with Gasteiger partial charge in [-0.25, -0.2) is 0 Å². The minimum absolute atomic E-state index is 0.103. The van der Waals surface area contributed by atoms with Gasteiger partial charge in [0.05, 0.1) is 6.04 Å². The molecule has 3 nitrogen and oxygen atoms in total. The van der Waals surface area contributed by atoms with Crippen LogP contribution in [0.25, 0.3) is 0 Å². The first kappa shape index (κ1) is 13.1. The Hall–Kier alpha value is -1.35. The lowest BCUT2D eigenvalue weighted by molar-refractivity contribution is -0.135. The van der Waals surface area contributed by atoms with E-state index in [4.69, 9.17) is 5.73 Å². The number of rotatable bonds is 3. The van der Waals surface area contributed by atoms with Crippen LogP contribution in [-0.2, 0) is 11.2 Å². The summed E-state index contributed by atoms with van der Waals surface area (Å²) >= 11 is 0. The molecule has 0 saturated carbocycles. The molecule has 2 N–H and O–H groups in total. The second kappa shape index (κ2) is 6.01. The van der Waals surface area contributed by atoms with E-state index >= 15 is 0 Å². The van der Waals surface area contributed by atoms with Crippen LogP contribution in [0.4, 0.5) is 0 Å². The number of benzene rings is 1. The first-order chi connectivity index (χ1) is 8.68. The molecule has 1 aliphatic heterocycles. The molecule has 0 bridgehead atoms. The molecule has 0 spiro atoms. The molecule has 1 heterocycles. The summed E-state index contributed by atoms with van der Waals surface area (Å²) in [6, 6.07) is 9.91. The van der Waals surface area contributed by atoms with Gasteiger partial charge in [-0.3, -0.25) is 4.79 Å². The van der Waals surface area contributed by atoms with Crippen molar-refractivity contribution in [2.24, 2.45) is 5.73 Å². The maximum absolute atomic E-state index is 12.3. The molecular formula is C15H22N2O. The number of hydrogen-bond donors (Lipinski definition) is 1. The molecule has 2 rings (SSSR count).